The Balaban J connectivity index is 2.06. The standard InChI is InChI=1S/C18H14F2N2O4S/c1-11-3-5-14(9-12(11)2)27(25,26)22-8-7-21(18(22)24)17(23)13-4-6-15(19)16(20)10-13/h3-10H,1-2H3. The third-order valence-corrected chi connectivity index (χ3v) is 5.81. The number of imidazole rings is 1. The normalized spacial score (nSPS) is 11.6. The van der Waals surface area contributed by atoms with E-state index < -0.39 is 33.3 Å². The summed E-state index contributed by atoms with van der Waals surface area (Å²) < 4.78 is 52.7. The molecule has 1 heterocycles. The number of hydrogen-bond acceptors (Lipinski definition) is 4. The number of halogens is 2. The van der Waals surface area contributed by atoms with Gasteiger partial charge < -0.3 is 0 Å². The van der Waals surface area contributed by atoms with E-state index in [1.54, 1.807) is 13.0 Å². The molecule has 0 aliphatic carbocycles. The Morgan fingerprint density at radius 2 is 1.63 bits per heavy atom. The van der Waals surface area contributed by atoms with Crippen LogP contribution in [0.2, 0.25) is 0 Å². The van der Waals surface area contributed by atoms with E-state index in [1.807, 2.05) is 6.92 Å². The van der Waals surface area contributed by atoms with Crippen LogP contribution < -0.4 is 5.69 Å². The van der Waals surface area contributed by atoms with Crippen molar-refractivity contribution in [2.45, 2.75) is 18.7 Å². The number of aromatic nitrogens is 2. The first-order valence-corrected chi connectivity index (χ1v) is 9.19. The van der Waals surface area contributed by atoms with Gasteiger partial charge in [-0.15, -0.1) is 0 Å². The summed E-state index contributed by atoms with van der Waals surface area (Å²) in [7, 11) is -4.22. The van der Waals surface area contributed by atoms with Crippen LogP contribution in [-0.2, 0) is 10.0 Å². The molecule has 0 N–H and O–H groups in total. The Morgan fingerprint density at radius 3 is 2.26 bits per heavy atom. The molecule has 140 valence electrons. The molecule has 27 heavy (non-hydrogen) atoms. The maximum absolute atomic E-state index is 13.3. The number of benzene rings is 2. The average Bonchev–Trinajstić information content (AvgIpc) is 3.01. The Hall–Kier alpha value is -3.07. The Kier molecular flexibility index (Phi) is 4.56. The van der Waals surface area contributed by atoms with E-state index >= 15 is 0 Å². The number of rotatable bonds is 3. The maximum atomic E-state index is 13.3. The van der Waals surface area contributed by atoms with E-state index in [9.17, 15) is 26.8 Å². The summed E-state index contributed by atoms with van der Waals surface area (Å²) in [6.07, 6.45) is 1.90. The number of nitrogens with zero attached hydrogens (tertiary/aromatic N) is 2. The topological polar surface area (TPSA) is 78.1 Å². The molecule has 3 aromatic rings. The fourth-order valence-electron chi connectivity index (χ4n) is 2.45. The van der Waals surface area contributed by atoms with Gasteiger partial charge in [0.2, 0.25) is 0 Å². The molecule has 0 radical (unpaired) electrons. The molecule has 3 rings (SSSR count). The molecule has 0 saturated heterocycles. The van der Waals surface area contributed by atoms with Crippen molar-refractivity contribution >= 4 is 15.9 Å². The van der Waals surface area contributed by atoms with Crippen LogP contribution in [0.1, 0.15) is 21.5 Å². The predicted molar refractivity (Wildman–Crippen MR) is 93.3 cm³/mol. The zero-order valence-electron chi connectivity index (χ0n) is 14.3. The van der Waals surface area contributed by atoms with Crippen molar-refractivity contribution in [3.05, 3.63) is 87.6 Å². The number of carbonyl (C=O) groups is 1. The minimum Gasteiger partial charge on any atom is -0.268 e. The van der Waals surface area contributed by atoms with Crippen LogP contribution in [0.5, 0.6) is 0 Å². The van der Waals surface area contributed by atoms with Crippen molar-refractivity contribution in [2.75, 3.05) is 0 Å². The highest BCUT2D eigenvalue weighted by atomic mass is 32.2. The quantitative estimate of drug-likeness (QED) is 0.686. The van der Waals surface area contributed by atoms with Crippen molar-refractivity contribution in [3.8, 4) is 0 Å². The van der Waals surface area contributed by atoms with Crippen LogP contribution in [0.15, 0.2) is 58.5 Å². The lowest BCUT2D eigenvalue weighted by atomic mass is 10.1. The van der Waals surface area contributed by atoms with Gasteiger partial charge >= 0.3 is 5.69 Å². The predicted octanol–water partition coefficient (Wildman–Crippen LogP) is 2.47. The second-order valence-electron chi connectivity index (χ2n) is 5.93. The molecule has 0 atom stereocenters. The first-order chi connectivity index (χ1) is 12.6. The molecule has 0 unspecified atom stereocenters. The van der Waals surface area contributed by atoms with Crippen LogP contribution in [0, 0.1) is 25.5 Å². The molecule has 0 aliphatic rings. The smallest absolute Gasteiger partial charge is 0.268 e. The summed E-state index contributed by atoms with van der Waals surface area (Å²) in [6.45, 7) is 3.55. The monoisotopic (exact) mass is 392 g/mol. The number of carbonyl (C=O) groups excluding carboxylic acids is 1. The minimum absolute atomic E-state index is 0.106. The summed E-state index contributed by atoms with van der Waals surface area (Å²) in [5.74, 6) is -3.38. The second-order valence-corrected chi connectivity index (χ2v) is 7.75. The maximum Gasteiger partial charge on any atom is 0.349 e. The fourth-order valence-corrected chi connectivity index (χ4v) is 3.76. The van der Waals surface area contributed by atoms with Crippen LogP contribution in [0.4, 0.5) is 8.78 Å². The molecule has 6 nitrogen and oxygen atoms in total. The van der Waals surface area contributed by atoms with Gasteiger partial charge in [0, 0.05) is 18.0 Å². The van der Waals surface area contributed by atoms with Gasteiger partial charge in [0.25, 0.3) is 15.9 Å². The SMILES string of the molecule is Cc1ccc(S(=O)(=O)n2ccn(C(=O)c3ccc(F)c(F)c3)c2=O)cc1C. The summed E-state index contributed by atoms with van der Waals surface area (Å²) in [5.41, 5.74) is 0.175. The van der Waals surface area contributed by atoms with E-state index in [1.165, 1.54) is 12.1 Å². The highest BCUT2D eigenvalue weighted by Crippen LogP contribution is 2.17. The van der Waals surface area contributed by atoms with Gasteiger partial charge in [0.05, 0.1) is 4.90 Å². The van der Waals surface area contributed by atoms with E-state index in [4.69, 9.17) is 0 Å². The fraction of sp³-hybridized carbons (Fsp3) is 0.111. The van der Waals surface area contributed by atoms with Crippen molar-refractivity contribution in [1.82, 2.24) is 8.54 Å². The van der Waals surface area contributed by atoms with Crippen LogP contribution >= 0.6 is 0 Å². The number of hydrogen-bond donors (Lipinski definition) is 0. The molecule has 0 amide bonds. The Labute approximate surface area is 153 Å². The lowest BCUT2D eigenvalue weighted by molar-refractivity contribution is 0.0955. The summed E-state index contributed by atoms with van der Waals surface area (Å²) in [5, 5.41) is 0. The van der Waals surface area contributed by atoms with E-state index in [2.05, 4.69) is 0 Å². The Morgan fingerprint density at radius 1 is 0.926 bits per heavy atom. The van der Waals surface area contributed by atoms with E-state index in [0.717, 1.165) is 35.7 Å². The van der Waals surface area contributed by atoms with Gasteiger partial charge in [-0.05, 0) is 55.3 Å². The first-order valence-electron chi connectivity index (χ1n) is 7.75. The number of aryl methyl sites for hydroxylation is 2. The molecule has 0 fully saturated rings. The highest BCUT2D eigenvalue weighted by molar-refractivity contribution is 7.90. The van der Waals surface area contributed by atoms with Crippen molar-refractivity contribution < 1.29 is 22.0 Å². The molecule has 0 bridgehead atoms. The second kappa shape index (κ2) is 6.58. The molecular formula is C18H14F2N2O4S. The van der Waals surface area contributed by atoms with Gasteiger partial charge in [-0.2, -0.15) is 3.97 Å². The van der Waals surface area contributed by atoms with E-state index in [0.29, 0.717) is 14.6 Å². The summed E-state index contributed by atoms with van der Waals surface area (Å²) in [6, 6.07) is 6.78. The van der Waals surface area contributed by atoms with Gasteiger partial charge in [0.1, 0.15) is 0 Å². The first kappa shape index (κ1) is 18.7. The van der Waals surface area contributed by atoms with Crippen molar-refractivity contribution in [2.24, 2.45) is 0 Å². The molecular weight excluding hydrogens is 378 g/mol. The molecule has 9 heteroatoms. The van der Waals surface area contributed by atoms with Gasteiger partial charge in [-0.3, -0.25) is 4.79 Å². The lowest BCUT2D eigenvalue weighted by Crippen LogP contribution is -2.32. The van der Waals surface area contributed by atoms with E-state index in [-0.39, 0.29) is 10.5 Å². The summed E-state index contributed by atoms with van der Waals surface area (Å²) >= 11 is 0. The minimum atomic E-state index is -4.22. The Bertz CT molecular complexity index is 1230. The molecule has 2 aromatic carbocycles. The molecule has 0 spiro atoms. The largest absolute Gasteiger partial charge is 0.349 e. The molecule has 0 saturated carbocycles. The molecule has 1 aromatic heterocycles. The van der Waals surface area contributed by atoms with Gasteiger partial charge in [-0.25, -0.2) is 26.6 Å². The van der Waals surface area contributed by atoms with Gasteiger partial charge in [-0.1, -0.05) is 6.07 Å². The van der Waals surface area contributed by atoms with Crippen LogP contribution in [-0.4, -0.2) is 22.9 Å². The zero-order valence-corrected chi connectivity index (χ0v) is 15.1. The third-order valence-electron chi connectivity index (χ3n) is 4.17. The highest BCUT2D eigenvalue weighted by Gasteiger charge is 2.23. The summed E-state index contributed by atoms with van der Waals surface area (Å²) in [4.78, 5) is 24.7. The van der Waals surface area contributed by atoms with Crippen molar-refractivity contribution in [1.29, 1.82) is 0 Å². The third kappa shape index (κ3) is 3.21. The van der Waals surface area contributed by atoms with Crippen molar-refractivity contribution in [3.63, 3.8) is 0 Å². The van der Waals surface area contributed by atoms with Crippen LogP contribution in [0.3, 0.4) is 0 Å². The van der Waals surface area contributed by atoms with Crippen LogP contribution in [0.25, 0.3) is 0 Å². The average molecular weight is 392 g/mol. The molecule has 0 aliphatic heterocycles. The zero-order chi connectivity index (χ0) is 19.9. The van der Waals surface area contributed by atoms with Gasteiger partial charge in [0.15, 0.2) is 11.6 Å². The lowest BCUT2D eigenvalue weighted by Gasteiger charge is -2.07.